The van der Waals surface area contributed by atoms with E-state index in [1.807, 2.05) is 0 Å². The van der Waals surface area contributed by atoms with Crippen molar-refractivity contribution < 1.29 is 37.7 Å². The molecule has 1 unspecified atom stereocenters. The number of ether oxygens (including phenoxy) is 3. The van der Waals surface area contributed by atoms with Crippen molar-refractivity contribution in [1.82, 2.24) is 10.3 Å². The van der Waals surface area contributed by atoms with Crippen molar-refractivity contribution in [2.75, 3.05) is 7.11 Å². The number of carbonyl (C=O) groups is 2. The zero-order valence-electron chi connectivity index (χ0n) is 16.5. The number of carbonyl (C=O) groups excluding carboxylic acids is 2. The minimum Gasteiger partial charge on any atom is -0.503 e. The number of nitrogens with one attached hydrogen (secondary N) is 1. The van der Waals surface area contributed by atoms with Crippen LogP contribution in [-0.2, 0) is 9.53 Å². The van der Waals surface area contributed by atoms with Gasteiger partial charge in [-0.3, -0.25) is 4.79 Å². The van der Waals surface area contributed by atoms with Crippen molar-refractivity contribution in [3.8, 4) is 17.2 Å². The molecule has 8 nitrogen and oxygen atoms in total. The first kappa shape index (κ1) is 22.9. The summed E-state index contributed by atoms with van der Waals surface area (Å²) in [6.07, 6.45) is -4.80. The largest absolute Gasteiger partial charge is 0.503 e. The summed E-state index contributed by atoms with van der Waals surface area (Å²) in [5.41, 5.74) is -0.389. The molecule has 3 atom stereocenters. The molecule has 0 spiro atoms. The summed E-state index contributed by atoms with van der Waals surface area (Å²) in [7, 11) is 1.29. The number of halogens is 2. The highest BCUT2D eigenvalue weighted by molar-refractivity contribution is 5.97. The predicted molar refractivity (Wildman–Crippen MR) is 102 cm³/mol. The summed E-state index contributed by atoms with van der Waals surface area (Å²) in [5, 5.41) is 12.2. The van der Waals surface area contributed by atoms with E-state index < -0.39 is 42.3 Å². The zero-order valence-corrected chi connectivity index (χ0v) is 16.5. The lowest BCUT2D eigenvalue weighted by atomic mass is 10.2. The van der Waals surface area contributed by atoms with Crippen LogP contribution < -0.4 is 14.8 Å². The Morgan fingerprint density at radius 2 is 1.80 bits per heavy atom. The van der Waals surface area contributed by atoms with Gasteiger partial charge in [0.15, 0.2) is 23.3 Å². The Labute approximate surface area is 171 Å². The van der Waals surface area contributed by atoms with Crippen molar-refractivity contribution in [2.45, 2.75) is 38.5 Å². The normalized spacial score (nSPS) is 13.8. The number of esters is 1. The molecular formula is C20H22F2N2O6. The number of rotatable bonds is 9. The third-order valence-corrected chi connectivity index (χ3v) is 4.05. The second-order valence-corrected chi connectivity index (χ2v) is 6.28. The number of alkyl halides is 2. The van der Waals surface area contributed by atoms with Gasteiger partial charge in [0.25, 0.3) is 12.3 Å². The molecule has 1 heterocycles. The Morgan fingerprint density at radius 1 is 1.13 bits per heavy atom. The van der Waals surface area contributed by atoms with Crippen molar-refractivity contribution in [3.05, 3.63) is 48.3 Å². The SMILES string of the molecule is COc1ccnc(C(=O)N[C@@H](C)C(=O)OC(C(F)F)[C@H](C)Oc2ccccc2)c1O. The Hall–Kier alpha value is -3.43. The van der Waals surface area contributed by atoms with Crippen LogP contribution in [0.15, 0.2) is 42.6 Å². The second kappa shape index (κ2) is 10.4. The van der Waals surface area contributed by atoms with E-state index in [1.54, 1.807) is 30.3 Å². The van der Waals surface area contributed by atoms with Crippen LogP contribution in [0.3, 0.4) is 0 Å². The van der Waals surface area contributed by atoms with Gasteiger partial charge in [-0.2, -0.15) is 0 Å². The molecule has 1 aromatic heterocycles. The number of hydrogen-bond donors (Lipinski definition) is 2. The van der Waals surface area contributed by atoms with Gasteiger partial charge in [0.2, 0.25) is 0 Å². The second-order valence-electron chi connectivity index (χ2n) is 6.28. The van der Waals surface area contributed by atoms with E-state index in [-0.39, 0.29) is 11.4 Å². The average Bonchev–Trinajstić information content (AvgIpc) is 2.72. The molecule has 2 aromatic rings. The molecule has 0 bridgehead atoms. The van der Waals surface area contributed by atoms with E-state index in [4.69, 9.17) is 14.2 Å². The molecule has 162 valence electrons. The van der Waals surface area contributed by atoms with Crippen LogP contribution in [-0.4, -0.2) is 53.8 Å². The van der Waals surface area contributed by atoms with Gasteiger partial charge in [0, 0.05) is 12.3 Å². The summed E-state index contributed by atoms with van der Waals surface area (Å²) in [5.74, 6) is -2.17. The fraction of sp³-hybridized carbons (Fsp3) is 0.350. The minimum atomic E-state index is -3.01. The first-order valence-corrected chi connectivity index (χ1v) is 8.97. The maximum atomic E-state index is 13.4. The number of hydrogen-bond acceptors (Lipinski definition) is 7. The topological polar surface area (TPSA) is 107 Å². The van der Waals surface area contributed by atoms with Gasteiger partial charge in [-0.15, -0.1) is 0 Å². The van der Waals surface area contributed by atoms with Crippen LogP contribution in [0.2, 0.25) is 0 Å². The van der Waals surface area contributed by atoms with Crippen LogP contribution >= 0.6 is 0 Å². The van der Waals surface area contributed by atoms with Gasteiger partial charge in [0.1, 0.15) is 17.9 Å². The number of methoxy groups -OCH3 is 1. The van der Waals surface area contributed by atoms with Crippen LogP contribution in [0.4, 0.5) is 8.78 Å². The number of para-hydroxylation sites is 1. The lowest BCUT2D eigenvalue weighted by Gasteiger charge is -2.25. The molecule has 2 N–H and O–H groups in total. The third kappa shape index (κ3) is 5.79. The molecule has 10 heteroatoms. The molecule has 0 saturated carbocycles. The van der Waals surface area contributed by atoms with Gasteiger partial charge in [-0.1, -0.05) is 18.2 Å². The Balaban J connectivity index is 2.02. The van der Waals surface area contributed by atoms with E-state index in [1.165, 1.54) is 33.2 Å². The van der Waals surface area contributed by atoms with Crippen molar-refractivity contribution in [1.29, 1.82) is 0 Å². The third-order valence-electron chi connectivity index (χ3n) is 4.05. The lowest BCUT2D eigenvalue weighted by molar-refractivity contribution is -0.167. The highest BCUT2D eigenvalue weighted by Gasteiger charge is 2.34. The van der Waals surface area contributed by atoms with Gasteiger partial charge < -0.3 is 24.6 Å². The Kier molecular flexibility index (Phi) is 7.90. The van der Waals surface area contributed by atoms with Gasteiger partial charge in [0.05, 0.1) is 7.11 Å². The van der Waals surface area contributed by atoms with Crippen molar-refractivity contribution in [2.24, 2.45) is 0 Å². The van der Waals surface area contributed by atoms with Gasteiger partial charge in [-0.25, -0.2) is 18.6 Å². The monoisotopic (exact) mass is 424 g/mol. The number of benzene rings is 1. The fourth-order valence-corrected chi connectivity index (χ4v) is 2.46. The fourth-order valence-electron chi connectivity index (χ4n) is 2.46. The van der Waals surface area contributed by atoms with Crippen LogP contribution in [0.25, 0.3) is 0 Å². The molecule has 0 saturated heterocycles. The Morgan fingerprint density at radius 3 is 2.40 bits per heavy atom. The molecular weight excluding hydrogens is 402 g/mol. The van der Waals surface area contributed by atoms with E-state index in [2.05, 4.69) is 10.3 Å². The lowest BCUT2D eigenvalue weighted by Crippen LogP contribution is -2.45. The predicted octanol–water partition coefficient (Wildman–Crippen LogP) is 2.56. The molecule has 30 heavy (non-hydrogen) atoms. The van der Waals surface area contributed by atoms with Gasteiger partial charge in [-0.05, 0) is 26.0 Å². The standard InChI is InChI=1S/C20H22F2N2O6/c1-11(24-19(26)15-16(25)14(28-3)9-10-23-15)20(27)30-17(18(21)22)12(2)29-13-7-5-4-6-8-13/h4-12,17-18,25H,1-3H3,(H,24,26)/t11-,12-,17?/m0/s1. The molecule has 2 rings (SSSR count). The van der Waals surface area contributed by atoms with Crippen LogP contribution in [0, 0.1) is 0 Å². The van der Waals surface area contributed by atoms with E-state index in [9.17, 15) is 23.5 Å². The highest BCUT2D eigenvalue weighted by atomic mass is 19.3. The molecule has 0 fully saturated rings. The molecule has 0 aliphatic rings. The molecule has 0 radical (unpaired) electrons. The summed E-state index contributed by atoms with van der Waals surface area (Å²) in [6.45, 7) is 2.60. The number of pyridine rings is 1. The molecule has 1 aromatic carbocycles. The Bertz CT molecular complexity index is 866. The van der Waals surface area contributed by atoms with E-state index in [0.717, 1.165) is 0 Å². The first-order valence-electron chi connectivity index (χ1n) is 8.97. The number of aromatic hydroxyl groups is 1. The van der Waals surface area contributed by atoms with E-state index >= 15 is 0 Å². The van der Waals surface area contributed by atoms with E-state index in [0.29, 0.717) is 5.75 Å². The van der Waals surface area contributed by atoms with Crippen molar-refractivity contribution in [3.63, 3.8) is 0 Å². The number of nitrogens with zero attached hydrogens (tertiary/aromatic N) is 1. The maximum Gasteiger partial charge on any atom is 0.328 e. The summed E-state index contributed by atoms with van der Waals surface area (Å²) in [6, 6.07) is 8.28. The molecule has 0 aliphatic carbocycles. The average molecular weight is 424 g/mol. The zero-order chi connectivity index (χ0) is 22.3. The maximum absolute atomic E-state index is 13.4. The van der Waals surface area contributed by atoms with Crippen LogP contribution in [0.5, 0.6) is 17.2 Å². The smallest absolute Gasteiger partial charge is 0.328 e. The number of amides is 1. The van der Waals surface area contributed by atoms with Gasteiger partial charge >= 0.3 is 5.97 Å². The quantitative estimate of drug-likeness (QED) is 0.596. The summed E-state index contributed by atoms with van der Waals surface area (Å²) >= 11 is 0. The van der Waals surface area contributed by atoms with Crippen molar-refractivity contribution >= 4 is 11.9 Å². The molecule has 1 amide bonds. The summed E-state index contributed by atoms with van der Waals surface area (Å²) in [4.78, 5) is 28.3. The summed E-state index contributed by atoms with van der Waals surface area (Å²) < 4.78 is 42.1. The minimum absolute atomic E-state index is 0.00929. The first-order chi connectivity index (χ1) is 14.2. The molecule has 0 aliphatic heterocycles. The highest BCUT2D eigenvalue weighted by Crippen LogP contribution is 2.27. The van der Waals surface area contributed by atoms with Crippen LogP contribution in [0.1, 0.15) is 24.3 Å². The number of aromatic nitrogens is 1.